The van der Waals surface area contributed by atoms with Gasteiger partial charge in [-0.1, -0.05) is 115 Å². The van der Waals surface area contributed by atoms with E-state index in [1.807, 2.05) is 23.6 Å². The van der Waals surface area contributed by atoms with Crippen LogP contribution < -0.4 is 0 Å². The Balaban J connectivity index is 0.896. The van der Waals surface area contributed by atoms with Crippen LogP contribution >= 0.6 is 11.3 Å². The predicted octanol–water partition coefficient (Wildman–Crippen LogP) is 15.5. The summed E-state index contributed by atoms with van der Waals surface area (Å²) in [5.41, 5.74) is 20.6. The van der Waals surface area contributed by atoms with E-state index in [0.717, 1.165) is 36.4 Å². The van der Waals surface area contributed by atoms with Crippen LogP contribution in [-0.4, -0.2) is 21.8 Å². The summed E-state index contributed by atoms with van der Waals surface area (Å²) in [4.78, 5) is 9.56. The molecule has 0 saturated carbocycles. The van der Waals surface area contributed by atoms with Crippen molar-refractivity contribution < 1.29 is 0 Å². The minimum atomic E-state index is 0.845. The van der Waals surface area contributed by atoms with E-state index >= 15 is 0 Å². The first-order chi connectivity index (χ1) is 31.2. The molecule has 296 valence electrons. The van der Waals surface area contributed by atoms with E-state index in [-0.39, 0.29) is 0 Å². The first kappa shape index (κ1) is 36.0. The Morgan fingerprint density at radius 3 is 1.86 bits per heavy atom. The highest BCUT2D eigenvalue weighted by molar-refractivity contribution is 7.25. The van der Waals surface area contributed by atoms with E-state index in [1.165, 1.54) is 109 Å². The number of rotatable bonds is 6. The lowest BCUT2D eigenvalue weighted by Crippen LogP contribution is -2.04. The average molecular weight is 822 g/mol. The van der Waals surface area contributed by atoms with Gasteiger partial charge in [-0.15, -0.1) is 11.3 Å². The Kier molecular flexibility index (Phi) is 8.28. The predicted molar refractivity (Wildman–Crippen MR) is 267 cm³/mol. The zero-order valence-corrected chi connectivity index (χ0v) is 35.2. The van der Waals surface area contributed by atoms with E-state index in [1.54, 1.807) is 0 Å². The molecule has 3 nitrogen and oxygen atoms in total. The molecule has 1 aliphatic heterocycles. The van der Waals surface area contributed by atoms with Gasteiger partial charge in [-0.2, -0.15) is 0 Å². The highest BCUT2D eigenvalue weighted by Crippen LogP contribution is 2.44. The SMILES string of the molecule is C1=CC(c2ccccc2-c2ccc3sc4ccc(-c5ccc6c(c5)c5ccccc5n6-c5ccc6c(c5)-c5cc(-c7ccccc7-c7ccccn7)ccc5C6)cc4c3c2)=NCC1. The minimum absolute atomic E-state index is 0.845. The normalized spacial score (nSPS) is 13.2. The van der Waals surface area contributed by atoms with E-state index in [0.29, 0.717) is 0 Å². The number of hydrogen-bond acceptors (Lipinski definition) is 3. The second-order valence-electron chi connectivity index (χ2n) is 16.8. The molecule has 8 aromatic carbocycles. The highest BCUT2D eigenvalue weighted by atomic mass is 32.1. The Bertz CT molecular complexity index is 3710. The Hall–Kier alpha value is -7.66. The molecular weight excluding hydrogens is 783 g/mol. The number of aliphatic imine (C=N–C) groups is 1. The van der Waals surface area contributed by atoms with Crippen molar-refractivity contribution in [1.82, 2.24) is 9.55 Å². The van der Waals surface area contributed by atoms with Gasteiger partial charge in [-0.25, -0.2) is 0 Å². The maximum atomic E-state index is 4.87. The topological polar surface area (TPSA) is 30.2 Å². The molecule has 1 aliphatic carbocycles. The summed E-state index contributed by atoms with van der Waals surface area (Å²) >= 11 is 1.87. The summed E-state index contributed by atoms with van der Waals surface area (Å²) in [6.07, 6.45) is 8.23. The van der Waals surface area contributed by atoms with E-state index in [2.05, 4.69) is 193 Å². The molecule has 0 spiro atoms. The first-order valence-electron chi connectivity index (χ1n) is 21.8. The number of benzene rings is 8. The molecule has 0 saturated heterocycles. The largest absolute Gasteiger partial charge is 0.309 e. The zero-order valence-electron chi connectivity index (χ0n) is 34.4. The minimum Gasteiger partial charge on any atom is -0.309 e. The van der Waals surface area contributed by atoms with Crippen LogP contribution in [0.25, 0.3) is 103 Å². The summed E-state index contributed by atoms with van der Waals surface area (Å²) < 4.78 is 5.06. The third kappa shape index (κ3) is 5.94. The lowest BCUT2D eigenvalue weighted by atomic mass is 9.94. The molecule has 13 rings (SSSR count). The zero-order chi connectivity index (χ0) is 41.4. The lowest BCUT2D eigenvalue weighted by molar-refractivity contribution is 0.994. The summed E-state index contributed by atoms with van der Waals surface area (Å²) in [6.45, 7) is 0.845. The second-order valence-corrected chi connectivity index (χ2v) is 17.8. The van der Waals surface area contributed by atoms with Crippen LogP contribution in [0.15, 0.2) is 205 Å². The van der Waals surface area contributed by atoms with Crippen LogP contribution in [0.1, 0.15) is 23.1 Å². The summed E-state index contributed by atoms with van der Waals surface area (Å²) in [7, 11) is 0. The maximum Gasteiger partial charge on any atom is 0.0708 e. The number of aromatic nitrogens is 2. The molecule has 3 aromatic heterocycles. The fourth-order valence-electron chi connectivity index (χ4n) is 10.1. The van der Waals surface area contributed by atoms with Crippen LogP contribution in [0, 0.1) is 0 Å². The molecule has 0 N–H and O–H groups in total. The molecule has 0 atom stereocenters. The van der Waals surface area contributed by atoms with Crippen molar-refractivity contribution >= 4 is 59.0 Å². The van der Waals surface area contributed by atoms with Gasteiger partial charge in [0.15, 0.2) is 0 Å². The van der Waals surface area contributed by atoms with Gasteiger partial charge in [0.05, 0.1) is 22.4 Å². The van der Waals surface area contributed by atoms with Crippen molar-refractivity contribution in [3.05, 3.63) is 217 Å². The van der Waals surface area contributed by atoms with E-state index in [9.17, 15) is 0 Å². The molecule has 0 radical (unpaired) electrons. The number of para-hydroxylation sites is 1. The fraction of sp³-hybridized carbons (Fsp3) is 0.0508. The summed E-state index contributed by atoms with van der Waals surface area (Å²) in [5.74, 6) is 0. The van der Waals surface area contributed by atoms with Crippen LogP contribution in [0.5, 0.6) is 0 Å². The molecule has 2 aliphatic rings. The number of hydrogen-bond donors (Lipinski definition) is 0. The van der Waals surface area contributed by atoms with Gasteiger partial charge in [0, 0.05) is 60.5 Å². The van der Waals surface area contributed by atoms with Gasteiger partial charge in [0.25, 0.3) is 0 Å². The molecule has 4 heterocycles. The van der Waals surface area contributed by atoms with Gasteiger partial charge in [0.2, 0.25) is 0 Å². The molecule has 0 amide bonds. The van der Waals surface area contributed by atoms with Gasteiger partial charge in [-0.3, -0.25) is 9.98 Å². The number of allylic oxidation sites excluding steroid dienone is 1. The maximum absolute atomic E-state index is 4.87. The van der Waals surface area contributed by atoms with Gasteiger partial charge in [-0.05, 0) is 147 Å². The van der Waals surface area contributed by atoms with Crippen LogP contribution in [0.3, 0.4) is 0 Å². The summed E-state index contributed by atoms with van der Waals surface area (Å²) in [5, 5.41) is 5.11. The smallest absolute Gasteiger partial charge is 0.0708 e. The Morgan fingerprint density at radius 2 is 1.06 bits per heavy atom. The van der Waals surface area contributed by atoms with Crippen molar-refractivity contribution in [3.8, 4) is 61.5 Å². The number of nitrogens with zero attached hydrogens (tertiary/aromatic N) is 3. The lowest BCUT2D eigenvalue weighted by Gasteiger charge is -2.13. The number of thiophene rings is 1. The van der Waals surface area contributed by atoms with Crippen LogP contribution in [-0.2, 0) is 6.42 Å². The first-order valence-corrected chi connectivity index (χ1v) is 22.6. The summed E-state index contributed by atoms with van der Waals surface area (Å²) in [6, 6.07) is 67.3. The fourth-order valence-corrected chi connectivity index (χ4v) is 11.2. The molecule has 4 heteroatoms. The Morgan fingerprint density at radius 1 is 0.444 bits per heavy atom. The van der Waals surface area contributed by atoms with Crippen LogP contribution in [0.2, 0.25) is 0 Å². The van der Waals surface area contributed by atoms with Crippen molar-refractivity contribution in [2.24, 2.45) is 4.99 Å². The van der Waals surface area contributed by atoms with Gasteiger partial charge in [0.1, 0.15) is 0 Å². The molecule has 0 fully saturated rings. The van der Waals surface area contributed by atoms with Crippen molar-refractivity contribution in [3.63, 3.8) is 0 Å². The standard InChI is InChI=1S/C59H39N3S/c1-3-13-46(54-16-7-9-29-60-54)44(11-1)41-20-19-39-31-40-21-25-43(36-50(40)49(39)34-41)62-56-18-6-5-15-48(56)51-32-37(22-26-57(51)62)38-23-27-58-52(33-38)53-35-42(24-28-59(53)63-58)45-12-2-4-14-47(45)55-17-8-10-30-61-55/h1-9,11-29,32-36H,10,30-31H2. The van der Waals surface area contributed by atoms with Crippen LogP contribution in [0.4, 0.5) is 0 Å². The third-order valence-electron chi connectivity index (χ3n) is 13.2. The molecule has 0 bridgehead atoms. The van der Waals surface area contributed by atoms with Crippen molar-refractivity contribution in [2.45, 2.75) is 12.8 Å². The monoisotopic (exact) mass is 821 g/mol. The molecular formula is C59H39N3S. The number of fused-ring (bicyclic) bond motifs is 9. The number of dihydropyridines is 1. The molecule has 0 unspecified atom stereocenters. The number of pyridine rings is 1. The van der Waals surface area contributed by atoms with Crippen molar-refractivity contribution in [1.29, 1.82) is 0 Å². The van der Waals surface area contributed by atoms with Gasteiger partial charge < -0.3 is 4.57 Å². The van der Waals surface area contributed by atoms with Crippen molar-refractivity contribution in [2.75, 3.05) is 6.54 Å². The Labute approximate surface area is 369 Å². The molecule has 63 heavy (non-hydrogen) atoms. The van der Waals surface area contributed by atoms with E-state index in [4.69, 9.17) is 9.98 Å². The van der Waals surface area contributed by atoms with Gasteiger partial charge >= 0.3 is 0 Å². The second kappa shape index (κ2) is 14.5. The average Bonchev–Trinajstić information content (AvgIpc) is 4.02. The molecule has 11 aromatic rings. The highest BCUT2D eigenvalue weighted by Gasteiger charge is 2.22. The quantitative estimate of drug-likeness (QED) is 0.164. The van der Waals surface area contributed by atoms with E-state index < -0.39 is 0 Å². The third-order valence-corrected chi connectivity index (χ3v) is 14.3.